The molecular formula is C15H25N3O3. The Morgan fingerprint density at radius 3 is 2.14 bits per heavy atom. The zero-order valence-corrected chi connectivity index (χ0v) is 12.5. The quantitative estimate of drug-likeness (QED) is 0.832. The van der Waals surface area contributed by atoms with Crippen molar-refractivity contribution in [1.82, 2.24) is 14.7 Å². The van der Waals surface area contributed by atoms with E-state index in [-0.39, 0.29) is 6.03 Å². The Morgan fingerprint density at radius 2 is 1.52 bits per heavy atom. The van der Waals surface area contributed by atoms with Gasteiger partial charge in [-0.15, -0.1) is 0 Å². The second-order valence-corrected chi connectivity index (χ2v) is 6.43. The molecule has 6 nitrogen and oxygen atoms in total. The molecule has 0 bridgehead atoms. The molecule has 0 radical (unpaired) electrons. The van der Waals surface area contributed by atoms with Gasteiger partial charge in [-0.25, -0.2) is 9.59 Å². The highest BCUT2D eigenvalue weighted by molar-refractivity contribution is 5.83. The number of hydrogen-bond acceptors (Lipinski definition) is 3. The van der Waals surface area contributed by atoms with Crippen LogP contribution in [0.5, 0.6) is 0 Å². The van der Waals surface area contributed by atoms with Crippen molar-refractivity contribution in [3.8, 4) is 0 Å². The van der Waals surface area contributed by atoms with Crippen LogP contribution in [0.3, 0.4) is 0 Å². The molecule has 1 N–H and O–H groups in total. The van der Waals surface area contributed by atoms with Crippen LogP contribution in [-0.4, -0.2) is 76.6 Å². The normalized spacial score (nSPS) is 28.3. The molecule has 2 aliphatic heterocycles. The average Bonchev–Trinajstić information content (AvgIpc) is 3.18. The van der Waals surface area contributed by atoms with Crippen LogP contribution in [0.2, 0.25) is 0 Å². The maximum Gasteiger partial charge on any atom is 0.326 e. The summed E-state index contributed by atoms with van der Waals surface area (Å²) in [5, 5.41) is 9.20. The third-order valence-corrected chi connectivity index (χ3v) is 5.21. The Morgan fingerprint density at radius 1 is 0.857 bits per heavy atom. The number of hydrogen-bond donors (Lipinski definition) is 1. The number of carbonyl (C=O) groups is 2. The number of aliphatic carboxylic acids is 1. The molecule has 2 heterocycles. The first kappa shape index (κ1) is 14.6. The number of carbonyl (C=O) groups excluding carboxylic acids is 1. The number of carboxylic acids is 1. The summed E-state index contributed by atoms with van der Waals surface area (Å²) in [4.78, 5) is 29.6. The van der Waals surface area contributed by atoms with Crippen LogP contribution in [0.1, 0.15) is 38.5 Å². The van der Waals surface area contributed by atoms with Gasteiger partial charge in [0.05, 0.1) is 0 Å². The van der Waals surface area contributed by atoms with Gasteiger partial charge in [-0.1, -0.05) is 12.8 Å². The average molecular weight is 295 g/mol. The summed E-state index contributed by atoms with van der Waals surface area (Å²) < 4.78 is 0. The Balaban J connectivity index is 1.54. The molecule has 3 fully saturated rings. The van der Waals surface area contributed by atoms with Crippen LogP contribution in [0.25, 0.3) is 0 Å². The molecule has 6 heteroatoms. The first-order valence-electron chi connectivity index (χ1n) is 8.19. The van der Waals surface area contributed by atoms with Crippen LogP contribution in [0.15, 0.2) is 0 Å². The highest BCUT2D eigenvalue weighted by atomic mass is 16.4. The van der Waals surface area contributed by atoms with Gasteiger partial charge in [-0.05, 0) is 25.7 Å². The van der Waals surface area contributed by atoms with Crippen LogP contribution in [0, 0.1) is 0 Å². The molecule has 3 rings (SSSR count). The lowest BCUT2D eigenvalue weighted by Crippen LogP contribution is -2.56. The summed E-state index contributed by atoms with van der Waals surface area (Å²) in [6.07, 6.45) is 6.63. The molecule has 0 aromatic carbocycles. The number of rotatable bonds is 2. The number of piperazine rings is 1. The molecule has 1 saturated carbocycles. The highest BCUT2D eigenvalue weighted by Gasteiger charge is 2.37. The maximum atomic E-state index is 12.5. The van der Waals surface area contributed by atoms with Crippen molar-refractivity contribution < 1.29 is 14.7 Å². The maximum absolute atomic E-state index is 12.5. The minimum atomic E-state index is -0.870. The summed E-state index contributed by atoms with van der Waals surface area (Å²) in [6.45, 7) is 3.92. The standard InChI is InChI=1S/C15H25N3O3/c19-14(20)13-6-3-7-18(13)15(21)17-10-8-16(9-11-17)12-4-1-2-5-12/h12-13H,1-11H2,(H,19,20). The van der Waals surface area contributed by atoms with E-state index in [1.54, 1.807) is 4.90 Å². The smallest absolute Gasteiger partial charge is 0.326 e. The van der Waals surface area contributed by atoms with Gasteiger partial charge in [-0.2, -0.15) is 0 Å². The second-order valence-electron chi connectivity index (χ2n) is 6.43. The molecule has 21 heavy (non-hydrogen) atoms. The molecule has 1 atom stereocenters. The highest BCUT2D eigenvalue weighted by Crippen LogP contribution is 2.25. The minimum Gasteiger partial charge on any atom is -0.480 e. The van der Waals surface area contributed by atoms with E-state index >= 15 is 0 Å². The summed E-state index contributed by atoms with van der Waals surface area (Å²) in [7, 11) is 0. The van der Waals surface area contributed by atoms with Crippen LogP contribution >= 0.6 is 0 Å². The predicted octanol–water partition coefficient (Wildman–Crippen LogP) is 1.22. The Hall–Kier alpha value is -1.30. The van der Waals surface area contributed by atoms with Crippen molar-refractivity contribution in [2.45, 2.75) is 50.6 Å². The summed E-state index contributed by atoms with van der Waals surface area (Å²) in [5.41, 5.74) is 0. The number of nitrogens with zero attached hydrogens (tertiary/aromatic N) is 3. The van der Waals surface area contributed by atoms with Gasteiger partial charge in [0.15, 0.2) is 0 Å². The SMILES string of the molecule is O=C(O)C1CCCN1C(=O)N1CCN(C2CCCC2)CC1. The summed E-state index contributed by atoms with van der Waals surface area (Å²) in [5.74, 6) is -0.870. The molecule has 2 saturated heterocycles. The largest absolute Gasteiger partial charge is 0.480 e. The molecule has 1 aliphatic carbocycles. The van der Waals surface area contributed by atoms with Crippen molar-refractivity contribution in [3.05, 3.63) is 0 Å². The Kier molecular flexibility index (Phi) is 4.33. The molecule has 3 aliphatic rings. The predicted molar refractivity (Wildman–Crippen MR) is 78.2 cm³/mol. The zero-order chi connectivity index (χ0) is 14.8. The van der Waals surface area contributed by atoms with Crippen LogP contribution in [0.4, 0.5) is 4.79 Å². The van der Waals surface area contributed by atoms with E-state index in [2.05, 4.69) is 4.90 Å². The minimum absolute atomic E-state index is 0.0778. The van der Waals surface area contributed by atoms with Gasteiger partial charge < -0.3 is 14.9 Å². The van der Waals surface area contributed by atoms with Crippen molar-refractivity contribution in [2.75, 3.05) is 32.7 Å². The molecule has 0 spiro atoms. The van der Waals surface area contributed by atoms with Crippen LogP contribution < -0.4 is 0 Å². The fourth-order valence-corrected chi connectivity index (χ4v) is 3.98. The van der Waals surface area contributed by atoms with E-state index in [4.69, 9.17) is 0 Å². The fourth-order valence-electron chi connectivity index (χ4n) is 3.98. The second kappa shape index (κ2) is 6.22. The lowest BCUT2D eigenvalue weighted by Gasteiger charge is -2.39. The number of carboxylic acid groups (broad SMARTS) is 1. The number of urea groups is 1. The van der Waals surface area contributed by atoms with Crippen molar-refractivity contribution in [1.29, 1.82) is 0 Å². The monoisotopic (exact) mass is 295 g/mol. The van der Waals surface area contributed by atoms with Crippen LogP contribution in [-0.2, 0) is 4.79 Å². The van der Waals surface area contributed by atoms with Crippen molar-refractivity contribution in [3.63, 3.8) is 0 Å². The third kappa shape index (κ3) is 3.00. The van der Waals surface area contributed by atoms with Gasteiger partial charge in [-0.3, -0.25) is 4.90 Å². The molecule has 0 aromatic rings. The van der Waals surface area contributed by atoms with E-state index in [0.717, 1.165) is 32.6 Å². The topological polar surface area (TPSA) is 64.1 Å². The summed E-state index contributed by atoms with van der Waals surface area (Å²) in [6, 6.07) is 0.0112. The molecule has 2 amide bonds. The molecule has 1 unspecified atom stereocenters. The number of likely N-dealkylation sites (tertiary alicyclic amines) is 1. The molecular weight excluding hydrogens is 270 g/mol. The third-order valence-electron chi connectivity index (χ3n) is 5.21. The first-order chi connectivity index (χ1) is 10.2. The van der Waals surface area contributed by atoms with Gasteiger partial charge in [0, 0.05) is 38.8 Å². The zero-order valence-electron chi connectivity index (χ0n) is 12.5. The van der Waals surface area contributed by atoms with Gasteiger partial charge in [0.25, 0.3) is 0 Å². The van der Waals surface area contributed by atoms with Gasteiger partial charge in [0.2, 0.25) is 0 Å². The fraction of sp³-hybridized carbons (Fsp3) is 0.867. The van der Waals surface area contributed by atoms with E-state index in [1.165, 1.54) is 25.7 Å². The lowest BCUT2D eigenvalue weighted by atomic mass is 10.2. The Bertz CT molecular complexity index is 401. The lowest BCUT2D eigenvalue weighted by molar-refractivity contribution is -0.141. The van der Waals surface area contributed by atoms with Crippen molar-refractivity contribution in [2.24, 2.45) is 0 Å². The van der Waals surface area contributed by atoms with E-state index in [1.807, 2.05) is 4.90 Å². The van der Waals surface area contributed by atoms with E-state index in [0.29, 0.717) is 19.0 Å². The summed E-state index contributed by atoms with van der Waals surface area (Å²) >= 11 is 0. The first-order valence-corrected chi connectivity index (χ1v) is 8.19. The number of amides is 2. The molecule has 118 valence electrons. The Labute approximate surface area is 125 Å². The van der Waals surface area contributed by atoms with Gasteiger partial charge >= 0.3 is 12.0 Å². The van der Waals surface area contributed by atoms with Crippen molar-refractivity contribution >= 4 is 12.0 Å². The van der Waals surface area contributed by atoms with Gasteiger partial charge in [0.1, 0.15) is 6.04 Å². The van der Waals surface area contributed by atoms with E-state index in [9.17, 15) is 14.7 Å². The van der Waals surface area contributed by atoms with E-state index < -0.39 is 12.0 Å². The molecule has 0 aromatic heterocycles.